The summed E-state index contributed by atoms with van der Waals surface area (Å²) in [5.41, 5.74) is 2.59. The lowest BCUT2D eigenvalue weighted by molar-refractivity contribution is 0.100. The fourth-order valence-electron chi connectivity index (χ4n) is 3.45. The Hall–Kier alpha value is -1.38. The zero-order chi connectivity index (χ0) is 19.4. The van der Waals surface area contributed by atoms with Crippen LogP contribution in [0, 0.1) is 11.8 Å². The van der Waals surface area contributed by atoms with Crippen LogP contribution in [0.15, 0.2) is 54.1 Å². The van der Waals surface area contributed by atoms with Crippen LogP contribution in [0.25, 0.3) is 0 Å². The minimum absolute atomic E-state index is 0.265. The normalized spacial score (nSPS) is 17.2. The molecule has 0 bridgehead atoms. The van der Waals surface area contributed by atoms with Crippen LogP contribution < -0.4 is 0 Å². The summed E-state index contributed by atoms with van der Waals surface area (Å²) in [6.07, 6.45) is 10.8. The van der Waals surface area contributed by atoms with Crippen molar-refractivity contribution in [3.63, 3.8) is 0 Å². The van der Waals surface area contributed by atoms with E-state index in [4.69, 9.17) is 0 Å². The number of benzene rings is 1. The van der Waals surface area contributed by atoms with Crippen molar-refractivity contribution >= 4 is 0 Å². The molecule has 0 radical (unpaired) electrons. The molecule has 1 rings (SSSR count). The molecule has 0 spiro atoms. The van der Waals surface area contributed by atoms with Gasteiger partial charge in [0.25, 0.3) is 0 Å². The monoisotopic (exact) mass is 358 g/mol. The highest BCUT2D eigenvalue weighted by molar-refractivity contribution is 5.21. The number of hydrogen-bond donors (Lipinski definition) is 2. The Labute approximate surface area is 160 Å². The summed E-state index contributed by atoms with van der Waals surface area (Å²) in [4.78, 5) is 0. The van der Waals surface area contributed by atoms with Gasteiger partial charge in [0.05, 0.1) is 12.2 Å². The van der Waals surface area contributed by atoms with Gasteiger partial charge in [-0.25, -0.2) is 0 Å². The Morgan fingerprint density at radius 2 is 1.73 bits per heavy atom. The van der Waals surface area contributed by atoms with E-state index >= 15 is 0 Å². The largest absolute Gasteiger partial charge is 0.393 e. The van der Waals surface area contributed by atoms with Gasteiger partial charge in [-0.2, -0.15) is 0 Å². The average molecular weight is 359 g/mol. The third kappa shape index (κ3) is 9.35. The lowest BCUT2D eigenvalue weighted by atomic mass is 9.87. The molecule has 0 heterocycles. The Balaban J connectivity index is 2.34. The van der Waals surface area contributed by atoms with Gasteiger partial charge in [0.2, 0.25) is 0 Å². The zero-order valence-electron chi connectivity index (χ0n) is 17.1. The maximum Gasteiger partial charge on any atom is 0.0600 e. The first-order valence-electron chi connectivity index (χ1n) is 10.1. The van der Waals surface area contributed by atoms with Gasteiger partial charge in [-0.15, -0.1) is 0 Å². The summed E-state index contributed by atoms with van der Waals surface area (Å²) in [5, 5.41) is 20.6. The van der Waals surface area contributed by atoms with Crippen LogP contribution in [0.1, 0.15) is 65.4 Å². The predicted octanol–water partition coefficient (Wildman–Crippen LogP) is 5.70. The lowest BCUT2D eigenvalue weighted by Crippen LogP contribution is -2.20. The first-order valence-corrected chi connectivity index (χ1v) is 10.1. The maximum atomic E-state index is 10.4. The van der Waals surface area contributed by atoms with Crippen molar-refractivity contribution in [2.75, 3.05) is 0 Å². The van der Waals surface area contributed by atoms with E-state index in [1.54, 1.807) is 0 Å². The Morgan fingerprint density at radius 3 is 2.35 bits per heavy atom. The third-order valence-electron chi connectivity index (χ3n) is 5.22. The highest BCUT2D eigenvalue weighted by atomic mass is 16.3. The standard InChI is InChI=1S/C24H38O2/c1-5-7-13-24(26)20(4)16-19(3)14-15-23(25)18-21(6-2)17-22-11-9-8-10-12-22/h5-12,19-20,23-26H,13-18H2,1-4H3/b7-5+,21-6+/t19-,20-,23-,24+/m1/s1. The van der Waals surface area contributed by atoms with Gasteiger partial charge >= 0.3 is 0 Å². The number of aliphatic hydroxyl groups is 2. The first kappa shape index (κ1) is 22.7. The predicted molar refractivity (Wildman–Crippen MR) is 112 cm³/mol. The number of aliphatic hydroxyl groups excluding tert-OH is 2. The van der Waals surface area contributed by atoms with E-state index in [2.05, 4.69) is 51.1 Å². The van der Waals surface area contributed by atoms with E-state index in [1.165, 1.54) is 11.1 Å². The first-order chi connectivity index (χ1) is 12.5. The average Bonchev–Trinajstić information content (AvgIpc) is 2.64. The van der Waals surface area contributed by atoms with Gasteiger partial charge in [0.1, 0.15) is 0 Å². The highest BCUT2D eigenvalue weighted by Gasteiger charge is 2.17. The van der Waals surface area contributed by atoms with Gasteiger partial charge in [-0.05, 0) is 69.8 Å². The molecule has 0 amide bonds. The van der Waals surface area contributed by atoms with Crippen LogP contribution in [0.2, 0.25) is 0 Å². The molecule has 146 valence electrons. The molecular formula is C24H38O2. The molecule has 1 aromatic rings. The molecular weight excluding hydrogens is 320 g/mol. The van der Waals surface area contributed by atoms with E-state index in [0.29, 0.717) is 11.8 Å². The van der Waals surface area contributed by atoms with E-state index in [-0.39, 0.29) is 12.2 Å². The van der Waals surface area contributed by atoms with Gasteiger partial charge in [0, 0.05) is 0 Å². The second kappa shape index (κ2) is 12.9. The summed E-state index contributed by atoms with van der Waals surface area (Å²) in [5.74, 6) is 0.811. The van der Waals surface area contributed by atoms with E-state index in [1.807, 2.05) is 25.1 Å². The molecule has 2 N–H and O–H groups in total. The fourth-order valence-corrected chi connectivity index (χ4v) is 3.45. The molecule has 1 aromatic carbocycles. The fraction of sp³-hybridized carbons (Fsp3) is 0.583. The highest BCUT2D eigenvalue weighted by Crippen LogP contribution is 2.23. The quantitative estimate of drug-likeness (QED) is 0.471. The van der Waals surface area contributed by atoms with Crippen molar-refractivity contribution in [1.29, 1.82) is 0 Å². The van der Waals surface area contributed by atoms with Crippen molar-refractivity contribution in [2.24, 2.45) is 11.8 Å². The molecule has 2 heteroatoms. The Kier molecular flexibility index (Phi) is 11.2. The number of allylic oxidation sites excluding steroid dienone is 2. The van der Waals surface area contributed by atoms with Crippen LogP contribution in [-0.2, 0) is 6.42 Å². The second-order valence-electron chi connectivity index (χ2n) is 7.73. The Bertz CT molecular complexity index is 532. The van der Waals surface area contributed by atoms with Gasteiger partial charge in [0.15, 0.2) is 0 Å². The van der Waals surface area contributed by atoms with Gasteiger partial charge in [-0.1, -0.05) is 68.0 Å². The van der Waals surface area contributed by atoms with E-state index in [0.717, 1.165) is 38.5 Å². The molecule has 0 aliphatic carbocycles. The minimum Gasteiger partial charge on any atom is -0.393 e. The molecule has 0 aliphatic heterocycles. The summed E-state index contributed by atoms with van der Waals surface area (Å²) in [6.45, 7) is 8.39. The SMILES string of the molecule is C/C=C/C[C@H](O)[C@H](C)C[C@H](C)CC[C@@H](O)C/C(=C/C)Cc1ccccc1. The molecule has 0 aromatic heterocycles. The Morgan fingerprint density at radius 1 is 1.04 bits per heavy atom. The summed E-state index contributed by atoms with van der Waals surface area (Å²) < 4.78 is 0. The molecule has 0 unspecified atom stereocenters. The smallest absolute Gasteiger partial charge is 0.0600 e. The van der Waals surface area contributed by atoms with E-state index in [9.17, 15) is 10.2 Å². The third-order valence-corrected chi connectivity index (χ3v) is 5.22. The second-order valence-corrected chi connectivity index (χ2v) is 7.73. The molecule has 4 atom stereocenters. The van der Waals surface area contributed by atoms with Crippen LogP contribution >= 0.6 is 0 Å². The molecule has 2 nitrogen and oxygen atoms in total. The molecule has 26 heavy (non-hydrogen) atoms. The summed E-state index contributed by atoms with van der Waals surface area (Å²) in [7, 11) is 0. The topological polar surface area (TPSA) is 40.5 Å². The molecule has 0 saturated carbocycles. The molecule has 0 aliphatic rings. The van der Waals surface area contributed by atoms with Crippen molar-refractivity contribution in [3.8, 4) is 0 Å². The maximum absolute atomic E-state index is 10.4. The van der Waals surface area contributed by atoms with Crippen molar-refractivity contribution in [3.05, 3.63) is 59.7 Å². The molecule has 0 saturated heterocycles. The summed E-state index contributed by atoms with van der Waals surface area (Å²) >= 11 is 0. The zero-order valence-corrected chi connectivity index (χ0v) is 17.1. The number of rotatable bonds is 12. The van der Waals surface area contributed by atoms with Crippen LogP contribution in [0.3, 0.4) is 0 Å². The lowest BCUT2D eigenvalue weighted by Gasteiger charge is -2.22. The summed E-state index contributed by atoms with van der Waals surface area (Å²) in [6, 6.07) is 10.4. The molecule has 0 fully saturated rings. The number of hydrogen-bond acceptors (Lipinski definition) is 2. The van der Waals surface area contributed by atoms with Crippen molar-refractivity contribution in [2.45, 2.75) is 78.4 Å². The minimum atomic E-state index is -0.282. The van der Waals surface area contributed by atoms with Crippen LogP contribution in [-0.4, -0.2) is 22.4 Å². The van der Waals surface area contributed by atoms with Crippen LogP contribution in [0.5, 0.6) is 0 Å². The van der Waals surface area contributed by atoms with Crippen LogP contribution in [0.4, 0.5) is 0 Å². The van der Waals surface area contributed by atoms with E-state index < -0.39 is 0 Å². The van der Waals surface area contributed by atoms with Crippen molar-refractivity contribution < 1.29 is 10.2 Å². The van der Waals surface area contributed by atoms with Crippen molar-refractivity contribution in [1.82, 2.24) is 0 Å². The van der Waals surface area contributed by atoms with Gasteiger partial charge in [-0.3, -0.25) is 0 Å². The van der Waals surface area contributed by atoms with Gasteiger partial charge < -0.3 is 10.2 Å².